The number of benzene rings is 2. The molecule has 0 spiro atoms. The SMILES string of the molecule is CCOC(=O)Cn1cc(N(CCCCCCCCCCCOCc2ccccc2)C(=O)[C@H]2CCCN(c3cncc4ccccc34)C2)ccc1=O. The van der Waals surface area contributed by atoms with Gasteiger partial charge in [-0.25, -0.2) is 0 Å². The number of esters is 1. The molecule has 0 radical (unpaired) electrons. The Balaban J connectivity index is 1.13. The number of piperidine rings is 1. The van der Waals surface area contributed by atoms with Crippen LogP contribution in [-0.4, -0.2) is 54.3 Å². The van der Waals surface area contributed by atoms with Gasteiger partial charge in [-0.3, -0.25) is 19.4 Å². The second kappa shape index (κ2) is 20.4. The Bertz CT molecular complexity index is 1720. The first-order valence-electron chi connectivity index (χ1n) is 18.9. The Morgan fingerprint density at radius 3 is 2.37 bits per heavy atom. The van der Waals surface area contributed by atoms with Gasteiger partial charge in [-0.1, -0.05) is 99.5 Å². The van der Waals surface area contributed by atoms with E-state index in [0.29, 0.717) is 25.4 Å². The van der Waals surface area contributed by atoms with Crippen molar-refractivity contribution in [3.8, 4) is 0 Å². The second-order valence-electron chi connectivity index (χ2n) is 13.5. The number of fused-ring (bicyclic) bond motifs is 1. The molecule has 0 bridgehead atoms. The summed E-state index contributed by atoms with van der Waals surface area (Å²) in [5, 5.41) is 2.22. The van der Waals surface area contributed by atoms with Crippen LogP contribution in [0.4, 0.5) is 11.4 Å². The summed E-state index contributed by atoms with van der Waals surface area (Å²) < 4.78 is 12.2. The van der Waals surface area contributed by atoms with Crippen LogP contribution in [0.3, 0.4) is 0 Å². The highest BCUT2D eigenvalue weighted by Gasteiger charge is 2.31. The van der Waals surface area contributed by atoms with Crippen molar-refractivity contribution in [3.63, 3.8) is 0 Å². The Morgan fingerprint density at radius 1 is 0.863 bits per heavy atom. The van der Waals surface area contributed by atoms with E-state index in [-0.39, 0.29) is 30.5 Å². The van der Waals surface area contributed by atoms with E-state index in [1.165, 1.54) is 48.3 Å². The van der Waals surface area contributed by atoms with Crippen molar-refractivity contribution in [2.24, 2.45) is 5.92 Å². The number of aromatic nitrogens is 2. The summed E-state index contributed by atoms with van der Waals surface area (Å²) in [5.41, 5.74) is 2.61. The topological polar surface area (TPSA) is 94.0 Å². The number of rotatable bonds is 20. The van der Waals surface area contributed by atoms with E-state index >= 15 is 0 Å². The molecule has 272 valence electrons. The van der Waals surface area contributed by atoms with Gasteiger partial charge in [-0.05, 0) is 44.2 Å². The molecular formula is C42H54N4O5. The van der Waals surface area contributed by atoms with Gasteiger partial charge in [0.1, 0.15) is 6.54 Å². The molecule has 0 aliphatic carbocycles. The maximum absolute atomic E-state index is 14.4. The predicted molar refractivity (Wildman–Crippen MR) is 204 cm³/mol. The molecule has 9 nitrogen and oxygen atoms in total. The Hall–Kier alpha value is -4.50. The zero-order valence-electron chi connectivity index (χ0n) is 30.2. The average molecular weight is 695 g/mol. The number of hydrogen-bond donors (Lipinski definition) is 0. The van der Waals surface area contributed by atoms with Crippen LogP contribution in [0.1, 0.15) is 83.1 Å². The lowest BCUT2D eigenvalue weighted by Gasteiger charge is -2.36. The Morgan fingerprint density at radius 2 is 1.59 bits per heavy atom. The third-order valence-electron chi connectivity index (χ3n) is 9.69. The Kier molecular flexibility index (Phi) is 15.1. The molecule has 0 unspecified atom stereocenters. The van der Waals surface area contributed by atoms with Crippen LogP contribution in [0.5, 0.6) is 0 Å². The van der Waals surface area contributed by atoms with Crippen LogP contribution in [0.15, 0.2) is 90.1 Å². The van der Waals surface area contributed by atoms with Crippen molar-refractivity contribution in [2.45, 2.75) is 90.7 Å². The number of hydrogen-bond acceptors (Lipinski definition) is 7. The lowest BCUT2D eigenvalue weighted by Crippen LogP contribution is -2.45. The maximum atomic E-state index is 14.4. The van der Waals surface area contributed by atoms with E-state index < -0.39 is 5.97 Å². The van der Waals surface area contributed by atoms with Gasteiger partial charge in [0.2, 0.25) is 5.91 Å². The molecule has 4 aromatic rings. The van der Waals surface area contributed by atoms with Crippen LogP contribution < -0.4 is 15.4 Å². The number of nitrogens with zero attached hydrogens (tertiary/aromatic N) is 4. The van der Waals surface area contributed by atoms with Crippen LogP contribution in [0, 0.1) is 5.92 Å². The van der Waals surface area contributed by atoms with Crippen molar-refractivity contribution in [3.05, 3.63) is 101 Å². The standard InChI is InChI=1S/C42H54N4O5/c1-2-51-41(48)32-45-31-37(23-24-40(45)47)46(26-15-8-6-4-3-5-7-9-16-27-50-33-34-18-11-10-12-19-34)42(49)36-21-17-25-44(30-36)39-29-43-28-35-20-13-14-22-38(35)39/h10-14,18-20,22-24,28-29,31,36H,2-9,15-17,21,25-27,30,32-33H2,1H3/t36-/m0/s1. The van der Waals surface area contributed by atoms with Crippen molar-refractivity contribution < 1.29 is 19.1 Å². The van der Waals surface area contributed by atoms with Crippen molar-refractivity contribution in [2.75, 3.05) is 42.6 Å². The van der Waals surface area contributed by atoms with Gasteiger partial charge in [0.25, 0.3) is 5.56 Å². The van der Waals surface area contributed by atoms with E-state index in [4.69, 9.17) is 9.47 Å². The lowest BCUT2D eigenvalue weighted by molar-refractivity contribution is -0.143. The summed E-state index contributed by atoms with van der Waals surface area (Å²) in [6, 6.07) is 21.7. The molecule has 2 aromatic heterocycles. The van der Waals surface area contributed by atoms with Crippen LogP contribution in [-0.2, 0) is 32.2 Å². The molecule has 5 rings (SSSR count). The van der Waals surface area contributed by atoms with Crippen molar-refractivity contribution >= 4 is 34.0 Å². The highest BCUT2D eigenvalue weighted by atomic mass is 16.5. The molecular weight excluding hydrogens is 640 g/mol. The van der Waals surface area contributed by atoms with Crippen LogP contribution in [0.2, 0.25) is 0 Å². The molecule has 0 saturated carbocycles. The molecule has 1 aliphatic heterocycles. The summed E-state index contributed by atoms with van der Waals surface area (Å²) in [6.07, 6.45) is 17.3. The minimum atomic E-state index is -0.474. The van der Waals surface area contributed by atoms with E-state index in [2.05, 4.69) is 34.1 Å². The predicted octanol–water partition coefficient (Wildman–Crippen LogP) is 7.94. The van der Waals surface area contributed by atoms with Gasteiger partial charge in [-0.15, -0.1) is 0 Å². The first-order chi connectivity index (χ1) is 25.0. The fourth-order valence-electron chi connectivity index (χ4n) is 6.96. The number of unbranched alkanes of at least 4 members (excludes halogenated alkanes) is 8. The van der Waals surface area contributed by atoms with Gasteiger partial charge in [0.15, 0.2) is 0 Å². The molecule has 1 aliphatic rings. The largest absolute Gasteiger partial charge is 0.465 e. The zero-order chi connectivity index (χ0) is 35.7. The number of pyridine rings is 2. The third-order valence-corrected chi connectivity index (χ3v) is 9.69. The molecule has 51 heavy (non-hydrogen) atoms. The molecule has 2 aromatic carbocycles. The summed E-state index contributed by atoms with van der Waals surface area (Å²) in [4.78, 5) is 47.9. The van der Waals surface area contributed by atoms with Gasteiger partial charge >= 0.3 is 5.97 Å². The number of anilines is 2. The molecule has 9 heteroatoms. The first kappa shape index (κ1) is 37.7. The highest BCUT2D eigenvalue weighted by Crippen LogP contribution is 2.31. The summed E-state index contributed by atoms with van der Waals surface area (Å²) in [6.45, 7) is 5.32. The minimum Gasteiger partial charge on any atom is -0.465 e. The monoisotopic (exact) mass is 694 g/mol. The average Bonchev–Trinajstić information content (AvgIpc) is 3.16. The lowest BCUT2D eigenvalue weighted by atomic mass is 9.95. The molecule has 1 fully saturated rings. The summed E-state index contributed by atoms with van der Waals surface area (Å²) in [7, 11) is 0. The van der Waals surface area contributed by atoms with Crippen molar-refractivity contribution in [1.29, 1.82) is 0 Å². The maximum Gasteiger partial charge on any atom is 0.326 e. The van der Waals surface area contributed by atoms with Gasteiger partial charge in [0, 0.05) is 55.5 Å². The molecule has 0 N–H and O–H groups in total. The number of ether oxygens (including phenoxy) is 2. The molecule has 1 saturated heterocycles. The van der Waals surface area contributed by atoms with Crippen LogP contribution in [0.25, 0.3) is 10.8 Å². The van der Waals surface area contributed by atoms with Crippen LogP contribution >= 0.6 is 0 Å². The van der Waals surface area contributed by atoms with Crippen molar-refractivity contribution in [1.82, 2.24) is 9.55 Å². The van der Waals surface area contributed by atoms with E-state index in [1.807, 2.05) is 47.6 Å². The number of carbonyl (C=O) groups excluding carboxylic acids is 2. The summed E-state index contributed by atoms with van der Waals surface area (Å²) in [5.74, 6) is -0.619. The van der Waals surface area contributed by atoms with E-state index in [1.54, 1.807) is 19.2 Å². The minimum absolute atomic E-state index is 0.0574. The van der Waals surface area contributed by atoms with Gasteiger partial charge in [-0.2, -0.15) is 0 Å². The Labute approximate surface area is 302 Å². The first-order valence-corrected chi connectivity index (χ1v) is 18.9. The van der Waals surface area contributed by atoms with E-state index in [0.717, 1.165) is 68.1 Å². The normalized spacial score (nSPS) is 14.5. The number of carbonyl (C=O) groups is 2. The fourth-order valence-corrected chi connectivity index (χ4v) is 6.96. The third kappa shape index (κ3) is 11.5. The molecule has 3 heterocycles. The number of amides is 1. The smallest absolute Gasteiger partial charge is 0.326 e. The van der Waals surface area contributed by atoms with Gasteiger partial charge in [0.05, 0.1) is 36.7 Å². The van der Waals surface area contributed by atoms with E-state index in [9.17, 15) is 14.4 Å². The zero-order valence-corrected chi connectivity index (χ0v) is 30.2. The molecule has 1 amide bonds. The quantitative estimate of drug-likeness (QED) is 0.0685. The highest BCUT2D eigenvalue weighted by molar-refractivity contribution is 5.96. The summed E-state index contributed by atoms with van der Waals surface area (Å²) >= 11 is 0. The van der Waals surface area contributed by atoms with Gasteiger partial charge < -0.3 is 23.8 Å². The fraction of sp³-hybridized carbons (Fsp3) is 0.476. The molecule has 1 atom stereocenters. The second-order valence-corrected chi connectivity index (χ2v) is 13.5.